The highest BCUT2D eigenvalue weighted by Crippen LogP contribution is 2.16. The van der Waals surface area contributed by atoms with Crippen LogP contribution < -0.4 is 5.32 Å². The van der Waals surface area contributed by atoms with Gasteiger partial charge in [0.2, 0.25) is 5.91 Å². The highest BCUT2D eigenvalue weighted by atomic mass is 19.1. The zero-order valence-electron chi connectivity index (χ0n) is 18.0. The van der Waals surface area contributed by atoms with Crippen LogP contribution in [0.3, 0.4) is 0 Å². The molecule has 5 nitrogen and oxygen atoms in total. The fourth-order valence-electron chi connectivity index (χ4n) is 3.83. The summed E-state index contributed by atoms with van der Waals surface area (Å²) in [6, 6.07) is 12.6. The zero-order valence-corrected chi connectivity index (χ0v) is 18.0. The van der Waals surface area contributed by atoms with Gasteiger partial charge in [-0.15, -0.1) is 0 Å². The van der Waals surface area contributed by atoms with Crippen molar-refractivity contribution in [3.63, 3.8) is 0 Å². The first-order valence-corrected chi connectivity index (χ1v) is 10.7. The van der Waals surface area contributed by atoms with Crippen LogP contribution in [0, 0.1) is 17.6 Å². The number of hydrogen-bond acceptors (Lipinski definition) is 3. The third-order valence-corrected chi connectivity index (χ3v) is 5.56. The number of nitrogens with zero attached hydrogens (tertiary/aromatic N) is 2. The molecule has 1 fully saturated rings. The average molecular weight is 430 g/mol. The number of halogens is 2. The molecular formula is C24H29F2N3O2. The molecule has 0 spiro atoms. The molecular weight excluding hydrogens is 400 g/mol. The second-order valence-corrected chi connectivity index (χ2v) is 8.23. The Morgan fingerprint density at radius 2 is 1.61 bits per heavy atom. The summed E-state index contributed by atoms with van der Waals surface area (Å²) in [5.74, 6) is -3.25. The Kier molecular flexibility index (Phi) is 7.74. The van der Waals surface area contributed by atoms with E-state index in [-0.39, 0.29) is 11.8 Å². The van der Waals surface area contributed by atoms with Crippen LogP contribution in [0.4, 0.5) is 8.78 Å². The van der Waals surface area contributed by atoms with Crippen molar-refractivity contribution >= 4 is 11.8 Å². The quantitative estimate of drug-likeness (QED) is 0.765. The van der Waals surface area contributed by atoms with Crippen LogP contribution in [0.25, 0.3) is 0 Å². The fourth-order valence-corrected chi connectivity index (χ4v) is 3.83. The first-order chi connectivity index (χ1) is 14.9. The van der Waals surface area contributed by atoms with Crippen LogP contribution in [0.15, 0.2) is 48.5 Å². The molecule has 3 rings (SSSR count). The Morgan fingerprint density at radius 1 is 0.935 bits per heavy atom. The summed E-state index contributed by atoms with van der Waals surface area (Å²) in [6.45, 7) is 7.15. The Balaban J connectivity index is 1.65. The Bertz CT molecular complexity index is 885. The Morgan fingerprint density at radius 3 is 2.26 bits per heavy atom. The minimum atomic E-state index is -0.946. The SMILES string of the molecule is CC(C)C(NC(=O)c1c(F)cccc1F)C(=O)N1CCCN(Cc2ccccc2)CC1. The summed E-state index contributed by atoms with van der Waals surface area (Å²) < 4.78 is 28.0. The van der Waals surface area contributed by atoms with E-state index in [1.807, 2.05) is 18.2 Å². The maximum absolute atomic E-state index is 14.0. The van der Waals surface area contributed by atoms with E-state index in [0.717, 1.165) is 38.2 Å². The zero-order chi connectivity index (χ0) is 22.4. The van der Waals surface area contributed by atoms with Crippen molar-refractivity contribution in [1.82, 2.24) is 15.1 Å². The highest BCUT2D eigenvalue weighted by Gasteiger charge is 2.31. The third kappa shape index (κ3) is 5.88. The molecule has 1 aliphatic heterocycles. The van der Waals surface area contributed by atoms with Crippen molar-refractivity contribution in [3.05, 3.63) is 71.3 Å². The molecule has 2 aromatic carbocycles. The van der Waals surface area contributed by atoms with Crippen LogP contribution in [0.2, 0.25) is 0 Å². The van der Waals surface area contributed by atoms with E-state index >= 15 is 0 Å². The average Bonchev–Trinajstić information content (AvgIpc) is 2.97. The molecule has 0 radical (unpaired) electrons. The summed E-state index contributed by atoms with van der Waals surface area (Å²) in [5.41, 5.74) is 0.562. The van der Waals surface area contributed by atoms with Crippen molar-refractivity contribution in [3.8, 4) is 0 Å². The maximum atomic E-state index is 14.0. The summed E-state index contributed by atoms with van der Waals surface area (Å²) in [7, 11) is 0. The van der Waals surface area contributed by atoms with Gasteiger partial charge in [-0.25, -0.2) is 8.78 Å². The van der Waals surface area contributed by atoms with Crippen molar-refractivity contribution in [2.45, 2.75) is 32.9 Å². The van der Waals surface area contributed by atoms with E-state index in [1.54, 1.807) is 18.7 Å². The van der Waals surface area contributed by atoms with Gasteiger partial charge in [0.15, 0.2) is 0 Å². The summed E-state index contributed by atoms with van der Waals surface area (Å²) in [6.07, 6.45) is 0.819. The van der Waals surface area contributed by atoms with Gasteiger partial charge in [-0.05, 0) is 30.0 Å². The van der Waals surface area contributed by atoms with Crippen LogP contribution >= 0.6 is 0 Å². The molecule has 1 atom stereocenters. The lowest BCUT2D eigenvalue weighted by molar-refractivity contribution is -0.134. The van der Waals surface area contributed by atoms with Gasteiger partial charge in [-0.2, -0.15) is 0 Å². The Labute approximate surface area is 182 Å². The number of rotatable bonds is 6. The molecule has 2 amide bonds. The monoisotopic (exact) mass is 429 g/mol. The van der Waals surface area contributed by atoms with Crippen molar-refractivity contribution < 1.29 is 18.4 Å². The van der Waals surface area contributed by atoms with E-state index in [0.29, 0.717) is 13.1 Å². The van der Waals surface area contributed by atoms with Crippen LogP contribution in [-0.2, 0) is 11.3 Å². The molecule has 2 aromatic rings. The molecule has 1 unspecified atom stereocenters. The molecule has 1 saturated heterocycles. The topological polar surface area (TPSA) is 52.7 Å². The van der Waals surface area contributed by atoms with E-state index in [2.05, 4.69) is 22.3 Å². The van der Waals surface area contributed by atoms with Gasteiger partial charge in [0, 0.05) is 32.7 Å². The highest BCUT2D eigenvalue weighted by molar-refractivity contribution is 5.98. The van der Waals surface area contributed by atoms with Gasteiger partial charge in [0.25, 0.3) is 5.91 Å². The lowest BCUT2D eigenvalue weighted by atomic mass is 10.0. The summed E-state index contributed by atoms with van der Waals surface area (Å²) >= 11 is 0. The largest absolute Gasteiger partial charge is 0.340 e. The molecule has 0 aliphatic carbocycles. The molecule has 0 bridgehead atoms. The molecule has 7 heteroatoms. The van der Waals surface area contributed by atoms with E-state index < -0.39 is 29.1 Å². The number of carbonyl (C=O) groups is 2. The smallest absolute Gasteiger partial charge is 0.257 e. The molecule has 1 N–H and O–H groups in total. The van der Waals surface area contributed by atoms with E-state index in [4.69, 9.17) is 0 Å². The van der Waals surface area contributed by atoms with E-state index in [1.165, 1.54) is 11.6 Å². The second-order valence-electron chi connectivity index (χ2n) is 8.23. The predicted octanol–water partition coefficient (Wildman–Crippen LogP) is 3.45. The summed E-state index contributed by atoms with van der Waals surface area (Å²) in [5, 5.41) is 2.56. The lowest BCUT2D eigenvalue weighted by Crippen LogP contribution is -2.52. The van der Waals surface area contributed by atoms with Gasteiger partial charge in [-0.3, -0.25) is 14.5 Å². The van der Waals surface area contributed by atoms with Gasteiger partial charge in [0.1, 0.15) is 23.2 Å². The second kappa shape index (κ2) is 10.5. The van der Waals surface area contributed by atoms with Crippen molar-refractivity contribution in [2.24, 2.45) is 5.92 Å². The molecule has 0 saturated carbocycles. The van der Waals surface area contributed by atoms with Gasteiger partial charge in [-0.1, -0.05) is 50.2 Å². The molecule has 31 heavy (non-hydrogen) atoms. The standard InChI is InChI=1S/C24H29F2N3O2/c1-17(2)22(27-23(30)21-19(25)10-6-11-20(21)26)24(31)29-13-7-12-28(14-15-29)16-18-8-4-3-5-9-18/h3-6,8-11,17,22H,7,12-16H2,1-2H3,(H,27,30). The minimum Gasteiger partial charge on any atom is -0.340 e. The molecule has 166 valence electrons. The Hall–Kier alpha value is -2.80. The van der Waals surface area contributed by atoms with Gasteiger partial charge >= 0.3 is 0 Å². The number of carbonyl (C=O) groups excluding carboxylic acids is 2. The van der Waals surface area contributed by atoms with Crippen LogP contribution in [0.1, 0.15) is 36.2 Å². The number of hydrogen-bond donors (Lipinski definition) is 1. The van der Waals surface area contributed by atoms with E-state index in [9.17, 15) is 18.4 Å². The fraction of sp³-hybridized carbons (Fsp3) is 0.417. The number of amides is 2. The van der Waals surface area contributed by atoms with Gasteiger partial charge in [0.05, 0.1) is 0 Å². The first-order valence-electron chi connectivity index (χ1n) is 10.7. The maximum Gasteiger partial charge on any atom is 0.257 e. The van der Waals surface area contributed by atoms with Crippen LogP contribution in [0.5, 0.6) is 0 Å². The summed E-state index contributed by atoms with van der Waals surface area (Å²) in [4.78, 5) is 29.8. The van der Waals surface area contributed by atoms with Crippen molar-refractivity contribution in [1.29, 1.82) is 0 Å². The lowest BCUT2D eigenvalue weighted by Gasteiger charge is -2.29. The van der Waals surface area contributed by atoms with Crippen LogP contribution in [-0.4, -0.2) is 53.8 Å². The van der Waals surface area contributed by atoms with Crippen molar-refractivity contribution in [2.75, 3.05) is 26.2 Å². The number of nitrogens with one attached hydrogen (secondary N) is 1. The predicted molar refractivity (Wildman–Crippen MR) is 115 cm³/mol. The minimum absolute atomic E-state index is 0.221. The number of benzene rings is 2. The molecule has 1 heterocycles. The first kappa shape index (κ1) is 22.9. The molecule has 1 aliphatic rings. The third-order valence-electron chi connectivity index (χ3n) is 5.56. The van der Waals surface area contributed by atoms with Gasteiger partial charge < -0.3 is 10.2 Å². The normalized spacial score (nSPS) is 16.1. The molecule has 0 aromatic heterocycles.